The largest absolute Gasteiger partial charge is 0.461 e. The molecule has 2 aliphatic rings. The first-order valence-electron chi connectivity index (χ1n) is 12.5. The molecule has 0 atom stereocenters. The molecule has 178 valence electrons. The molecule has 0 unspecified atom stereocenters. The maximum atomic E-state index is 13.1. The van der Waals surface area contributed by atoms with Gasteiger partial charge in [0.05, 0.1) is 5.56 Å². The third-order valence-electron chi connectivity index (χ3n) is 7.70. The van der Waals surface area contributed by atoms with Crippen LogP contribution in [-0.2, 0) is 6.42 Å². The number of aryl methyl sites for hydroxylation is 1. The second-order valence-corrected chi connectivity index (χ2v) is 10.4. The predicted molar refractivity (Wildman–Crippen MR) is 137 cm³/mol. The van der Waals surface area contributed by atoms with E-state index in [-0.39, 0.29) is 17.5 Å². The van der Waals surface area contributed by atoms with Crippen molar-refractivity contribution in [2.75, 3.05) is 13.1 Å². The van der Waals surface area contributed by atoms with Crippen LogP contribution in [-0.4, -0.2) is 35.5 Å². The van der Waals surface area contributed by atoms with Crippen LogP contribution in [0.5, 0.6) is 0 Å². The van der Waals surface area contributed by atoms with Gasteiger partial charge < -0.3 is 9.73 Å². The Kier molecular flexibility index (Phi) is 6.80. The molecule has 1 aliphatic heterocycles. The zero-order valence-electron chi connectivity index (χ0n) is 19.9. The Morgan fingerprint density at radius 3 is 2.41 bits per heavy atom. The number of hydrogen-bond donors (Lipinski definition) is 1. The lowest BCUT2D eigenvalue weighted by molar-refractivity contribution is 0.0594. The second kappa shape index (κ2) is 9.97. The van der Waals surface area contributed by atoms with Crippen LogP contribution in [0.25, 0.3) is 11.3 Å². The minimum atomic E-state index is -0.0387. The summed E-state index contributed by atoms with van der Waals surface area (Å²) in [5.41, 5.74) is 3.17. The van der Waals surface area contributed by atoms with Gasteiger partial charge in [0.15, 0.2) is 0 Å². The molecule has 5 rings (SSSR count). The van der Waals surface area contributed by atoms with Crippen LogP contribution in [0.4, 0.5) is 0 Å². The summed E-state index contributed by atoms with van der Waals surface area (Å²) in [6.07, 6.45) is 7.95. The Morgan fingerprint density at radius 1 is 1.06 bits per heavy atom. The predicted octanol–water partition coefficient (Wildman–Crippen LogP) is 6.66. The highest BCUT2D eigenvalue weighted by atomic mass is 35.5. The molecular formula is C29H33ClN2O2. The number of nitrogens with zero attached hydrogens (tertiary/aromatic N) is 1. The van der Waals surface area contributed by atoms with Gasteiger partial charge in [-0.2, -0.15) is 0 Å². The SMILES string of the molecule is Cc1oc(-c2ccc(Cl)cc2)cc1C(=O)NC1CCC(Cc2ccccc2)(N2CCCC2)CC1. The molecule has 0 bridgehead atoms. The van der Waals surface area contributed by atoms with Gasteiger partial charge in [0.1, 0.15) is 11.5 Å². The average Bonchev–Trinajstić information content (AvgIpc) is 3.52. The summed E-state index contributed by atoms with van der Waals surface area (Å²) in [6.45, 7) is 4.25. The van der Waals surface area contributed by atoms with Crippen LogP contribution in [0.3, 0.4) is 0 Å². The zero-order chi connectivity index (χ0) is 23.5. The molecule has 0 radical (unpaired) electrons. The Morgan fingerprint density at radius 2 is 1.74 bits per heavy atom. The molecule has 5 heteroatoms. The van der Waals surface area contributed by atoms with Crippen molar-refractivity contribution in [3.8, 4) is 11.3 Å². The number of halogens is 1. The average molecular weight is 477 g/mol. The third-order valence-corrected chi connectivity index (χ3v) is 7.95. The van der Waals surface area contributed by atoms with Crippen molar-refractivity contribution in [1.82, 2.24) is 10.2 Å². The van der Waals surface area contributed by atoms with Crippen molar-refractivity contribution in [3.63, 3.8) is 0 Å². The smallest absolute Gasteiger partial charge is 0.255 e. The zero-order valence-corrected chi connectivity index (χ0v) is 20.6. The summed E-state index contributed by atoms with van der Waals surface area (Å²) in [4.78, 5) is 15.9. The highest BCUT2D eigenvalue weighted by Crippen LogP contribution is 2.39. The molecule has 1 aliphatic carbocycles. The number of amides is 1. The summed E-state index contributed by atoms with van der Waals surface area (Å²) in [5.74, 6) is 1.30. The van der Waals surface area contributed by atoms with E-state index in [1.807, 2.05) is 37.3 Å². The van der Waals surface area contributed by atoms with Crippen molar-refractivity contribution in [1.29, 1.82) is 0 Å². The first kappa shape index (κ1) is 23.2. The number of carbonyl (C=O) groups is 1. The van der Waals surface area contributed by atoms with E-state index in [0.717, 1.165) is 37.7 Å². The van der Waals surface area contributed by atoms with Crippen molar-refractivity contribution < 1.29 is 9.21 Å². The molecule has 1 aromatic heterocycles. The van der Waals surface area contributed by atoms with E-state index in [9.17, 15) is 4.79 Å². The summed E-state index contributed by atoms with van der Waals surface area (Å²) in [5, 5.41) is 3.98. The Bertz CT molecular complexity index is 1110. The minimum Gasteiger partial charge on any atom is -0.461 e. The third kappa shape index (κ3) is 4.94. The van der Waals surface area contributed by atoms with Gasteiger partial charge in [-0.15, -0.1) is 0 Å². The fraction of sp³-hybridized carbons (Fsp3) is 0.414. The molecule has 3 aromatic rings. The van der Waals surface area contributed by atoms with Gasteiger partial charge in [0, 0.05) is 22.2 Å². The monoisotopic (exact) mass is 476 g/mol. The lowest BCUT2D eigenvalue weighted by atomic mass is 9.74. The number of benzene rings is 2. The number of carbonyl (C=O) groups excluding carboxylic acids is 1. The Balaban J connectivity index is 1.25. The topological polar surface area (TPSA) is 45.5 Å². The van der Waals surface area contributed by atoms with Crippen LogP contribution >= 0.6 is 11.6 Å². The highest BCUT2D eigenvalue weighted by molar-refractivity contribution is 6.30. The first-order valence-corrected chi connectivity index (χ1v) is 12.9. The van der Waals surface area contributed by atoms with E-state index in [2.05, 4.69) is 40.5 Å². The Labute approximate surface area is 207 Å². The summed E-state index contributed by atoms with van der Waals surface area (Å²) >= 11 is 6.00. The normalized spacial score (nSPS) is 23.2. The second-order valence-electron chi connectivity index (χ2n) is 9.92. The molecule has 34 heavy (non-hydrogen) atoms. The molecule has 1 amide bonds. The molecular weight excluding hydrogens is 444 g/mol. The fourth-order valence-electron chi connectivity index (χ4n) is 5.80. The number of nitrogens with one attached hydrogen (secondary N) is 1. The van der Waals surface area contributed by atoms with E-state index in [1.54, 1.807) is 0 Å². The van der Waals surface area contributed by atoms with E-state index >= 15 is 0 Å². The maximum Gasteiger partial charge on any atom is 0.255 e. The number of likely N-dealkylation sites (tertiary alicyclic amines) is 1. The van der Waals surface area contributed by atoms with Crippen molar-refractivity contribution in [2.45, 2.75) is 63.5 Å². The summed E-state index contributed by atoms with van der Waals surface area (Å²) in [7, 11) is 0. The van der Waals surface area contributed by atoms with E-state index in [4.69, 9.17) is 16.0 Å². The standard InChI is InChI=1S/C29H33ClN2O2/c1-21-26(19-27(34-21)23-9-11-24(30)12-10-23)28(33)31-25-13-15-29(16-14-25,32-17-5-6-18-32)20-22-7-3-2-4-8-22/h2-4,7-12,19,25H,5-6,13-18,20H2,1H3,(H,31,33). The van der Waals surface area contributed by atoms with Crippen LogP contribution in [0.2, 0.25) is 5.02 Å². The highest BCUT2D eigenvalue weighted by Gasteiger charge is 2.41. The molecule has 1 saturated carbocycles. The summed E-state index contributed by atoms with van der Waals surface area (Å²) in [6, 6.07) is 20.4. The van der Waals surface area contributed by atoms with Gasteiger partial charge in [0.2, 0.25) is 0 Å². The van der Waals surface area contributed by atoms with E-state index in [1.165, 1.54) is 31.5 Å². The quantitative estimate of drug-likeness (QED) is 0.432. The number of furan rings is 1. The molecule has 1 N–H and O–H groups in total. The van der Waals surface area contributed by atoms with Crippen molar-refractivity contribution >= 4 is 17.5 Å². The molecule has 0 spiro atoms. The van der Waals surface area contributed by atoms with E-state index < -0.39 is 0 Å². The Hall–Kier alpha value is -2.56. The molecule has 1 saturated heterocycles. The number of rotatable bonds is 6. The molecule has 2 aromatic carbocycles. The van der Waals surface area contributed by atoms with Crippen molar-refractivity contribution in [3.05, 3.63) is 82.6 Å². The molecule has 2 fully saturated rings. The lowest BCUT2D eigenvalue weighted by Gasteiger charge is -2.47. The van der Waals surface area contributed by atoms with Gasteiger partial charge in [-0.05, 0) is 101 Å². The maximum absolute atomic E-state index is 13.1. The van der Waals surface area contributed by atoms with Crippen LogP contribution in [0.15, 0.2) is 65.1 Å². The minimum absolute atomic E-state index is 0.0387. The molecule has 4 nitrogen and oxygen atoms in total. The first-order chi connectivity index (χ1) is 16.5. The summed E-state index contributed by atoms with van der Waals surface area (Å²) < 4.78 is 5.91. The fourth-order valence-corrected chi connectivity index (χ4v) is 5.92. The molecule has 2 heterocycles. The van der Waals surface area contributed by atoms with Crippen LogP contribution < -0.4 is 5.32 Å². The van der Waals surface area contributed by atoms with Crippen molar-refractivity contribution in [2.24, 2.45) is 0 Å². The van der Waals surface area contributed by atoms with Gasteiger partial charge >= 0.3 is 0 Å². The van der Waals surface area contributed by atoms with E-state index in [0.29, 0.717) is 22.1 Å². The van der Waals surface area contributed by atoms with Gasteiger partial charge in [-0.1, -0.05) is 41.9 Å². The van der Waals surface area contributed by atoms with Gasteiger partial charge in [-0.25, -0.2) is 0 Å². The van der Waals surface area contributed by atoms with Crippen LogP contribution in [0, 0.1) is 6.92 Å². The van der Waals surface area contributed by atoms with Gasteiger partial charge in [0.25, 0.3) is 5.91 Å². The van der Waals surface area contributed by atoms with Gasteiger partial charge in [-0.3, -0.25) is 9.69 Å². The lowest BCUT2D eigenvalue weighted by Crippen LogP contribution is -2.54. The number of hydrogen-bond acceptors (Lipinski definition) is 3. The van der Waals surface area contributed by atoms with Crippen LogP contribution in [0.1, 0.15) is 60.2 Å².